The monoisotopic (exact) mass is 355 g/mol. The third-order valence-electron chi connectivity index (χ3n) is 4.16. The zero-order chi connectivity index (χ0) is 19.6. The van der Waals surface area contributed by atoms with Crippen molar-refractivity contribution in [2.75, 3.05) is 5.32 Å². The molecule has 6 heteroatoms. The minimum Gasteiger partial charge on any atom is -0.288 e. The molecule has 0 fully saturated rings. The van der Waals surface area contributed by atoms with Crippen molar-refractivity contribution in [1.82, 2.24) is 20.6 Å². The van der Waals surface area contributed by atoms with Gasteiger partial charge in [-0.25, -0.2) is 0 Å². The van der Waals surface area contributed by atoms with Crippen LogP contribution in [-0.2, 0) is 4.79 Å². The largest absolute Gasteiger partial charge is 0.288 e. The molecule has 0 radical (unpaired) electrons. The molecule has 0 aromatic carbocycles. The molecule has 140 valence electrons. The zero-order valence-electron chi connectivity index (χ0n) is 16.5. The number of hydrogen-bond donors (Lipinski definition) is 2. The number of amides is 1. The van der Waals surface area contributed by atoms with Crippen molar-refractivity contribution in [3.8, 4) is 0 Å². The molecule has 1 heterocycles. The first-order chi connectivity index (χ1) is 12.3. The Hall–Kier alpha value is -2.76. The van der Waals surface area contributed by atoms with Crippen LogP contribution < -0.4 is 5.32 Å². The van der Waals surface area contributed by atoms with E-state index in [1.165, 1.54) is 11.6 Å². The fourth-order valence-corrected chi connectivity index (χ4v) is 2.16. The lowest BCUT2D eigenvalue weighted by molar-refractivity contribution is -0.112. The van der Waals surface area contributed by atoms with E-state index in [1.807, 2.05) is 25.2 Å². The highest BCUT2D eigenvalue weighted by atomic mass is 16.1. The third kappa shape index (κ3) is 7.42. The molecule has 1 rings (SSSR count). The van der Waals surface area contributed by atoms with Crippen molar-refractivity contribution in [1.29, 1.82) is 0 Å². The van der Waals surface area contributed by atoms with Crippen molar-refractivity contribution < 1.29 is 4.79 Å². The summed E-state index contributed by atoms with van der Waals surface area (Å²) < 4.78 is 0. The summed E-state index contributed by atoms with van der Waals surface area (Å²) in [6.07, 6.45) is 14.8. The van der Waals surface area contributed by atoms with Gasteiger partial charge in [-0.2, -0.15) is 5.21 Å². The summed E-state index contributed by atoms with van der Waals surface area (Å²) in [7, 11) is 0. The van der Waals surface area contributed by atoms with Crippen molar-refractivity contribution in [2.45, 2.75) is 48.0 Å². The van der Waals surface area contributed by atoms with Gasteiger partial charge in [0.1, 0.15) is 0 Å². The van der Waals surface area contributed by atoms with Crippen LogP contribution in [0.3, 0.4) is 0 Å². The number of nitrogens with zero attached hydrogens (tertiary/aromatic N) is 3. The van der Waals surface area contributed by atoms with E-state index < -0.39 is 0 Å². The van der Waals surface area contributed by atoms with Gasteiger partial charge in [-0.05, 0) is 49.0 Å². The number of tetrazole rings is 1. The van der Waals surface area contributed by atoms with E-state index in [-0.39, 0.29) is 17.3 Å². The molecule has 0 aliphatic rings. The van der Waals surface area contributed by atoms with Crippen LogP contribution >= 0.6 is 0 Å². The molecule has 2 N–H and O–H groups in total. The number of hydrogen-bond acceptors (Lipinski definition) is 4. The van der Waals surface area contributed by atoms with Crippen molar-refractivity contribution in [3.05, 3.63) is 59.3 Å². The Labute approximate surface area is 155 Å². The summed E-state index contributed by atoms with van der Waals surface area (Å²) >= 11 is 0. The van der Waals surface area contributed by atoms with Crippen molar-refractivity contribution in [2.24, 2.45) is 5.41 Å². The molecule has 0 aliphatic heterocycles. The van der Waals surface area contributed by atoms with Gasteiger partial charge >= 0.3 is 0 Å². The summed E-state index contributed by atoms with van der Waals surface area (Å²) in [5.74, 6) is -0.146. The van der Waals surface area contributed by atoms with E-state index in [1.54, 1.807) is 0 Å². The van der Waals surface area contributed by atoms with Gasteiger partial charge in [0.15, 0.2) is 0 Å². The molecule has 0 saturated heterocycles. The van der Waals surface area contributed by atoms with E-state index in [0.29, 0.717) is 0 Å². The smallest absolute Gasteiger partial charge is 0.270 e. The first-order valence-corrected chi connectivity index (χ1v) is 8.71. The van der Waals surface area contributed by atoms with Gasteiger partial charge in [0.25, 0.3) is 11.9 Å². The minimum absolute atomic E-state index is 0.152. The lowest BCUT2D eigenvalue weighted by Gasteiger charge is -2.24. The Kier molecular flexibility index (Phi) is 8.42. The van der Waals surface area contributed by atoms with E-state index in [2.05, 4.69) is 78.8 Å². The second kappa shape index (κ2) is 10.3. The Balaban J connectivity index is 2.65. The van der Waals surface area contributed by atoms with Crippen LogP contribution in [0.4, 0.5) is 5.95 Å². The molecule has 1 aromatic heterocycles. The summed E-state index contributed by atoms with van der Waals surface area (Å²) in [6, 6.07) is 0. The van der Waals surface area contributed by atoms with E-state index in [4.69, 9.17) is 0 Å². The molecule has 1 amide bonds. The number of aromatic amines is 1. The summed E-state index contributed by atoms with van der Waals surface area (Å²) in [6.45, 7) is 12.7. The molecule has 26 heavy (non-hydrogen) atoms. The predicted octanol–water partition coefficient (Wildman–Crippen LogP) is 4.53. The minimum atomic E-state index is -0.298. The molecular weight excluding hydrogens is 326 g/mol. The van der Waals surface area contributed by atoms with Gasteiger partial charge in [0, 0.05) is 6.08 Å². The summed E-state index contributed by atoms with van der Waals surface area (Å²) in [5, 5.41) is 15.5. The van der Waals surface area contributed by atoms with Crippen LogP contribution in [0.2, 0.25) is 0 Å². The maximum atomic E-state index is 11.8. The molecule has 0 atom stereocenters. The van der Waals surface area contributed by atoms with E-state index in [9.17, 15) is 4.79 Å². The summed E-state index contributed by atoms with van der Waals surface area (Å²) in [4.78, 5) is 11.8. The van der Waals surface area contributed by atoms with Crippen LogP contribution in [-0.4, -0.2) is 26.5 Å². The number of aromatic nitrogens is 4. The molecule has 1 aromatic rings. The van der Waals surface area contributed by atoms with Crippen LogP contribution in [0.15, 0.2) is 59.3 Å². The van der Waals surface area contributed by atoms with Crippen molar-refractivity contribution >= 4 is 11.9 Å². The number of carbonyl (C=O) groups excluding carboxylic acids is 1. The number of allylic oxidation sites excluding steroid dienone is 9. The number of nitrogens with one attached hydrogen (secondary N) is 2. The highest BCUT2D eigenvalue weighted by molar-refractivity contribution is 5.98. The molecule has 0 saturated carbocycles. The zero-order valence-corrected chi connectivity index (χ0v) is 16.5. The lowest BCUT2D eigenvalue weighted by Crippen LogP contribution is -2.11. The topological polar surface area (TPSA) is 83.6 Å². The molecule has 0 spiro atoms. The van der Waals surface area contributed by atoms with Crippen LogP contribution in [0.1, 0.15) is 48.0 Å². The Morgan fingerprint density at radius 2 is 1.92 bits per heavy atom. The second-order valence-electron chi connectivity index (χ2n) is 6.70. The maximum Gasteiger partial charge on any atom is 0.270 e. The molecular formula is C20H29N5O. The fourth-order valence-electron chi connectivity index (χ4n) is 2.16. The number of carbonyl (C=O) groups is 1. The van der Waals surface area contributed by atoms with Gasteiger partial charge in [0.2, 0.25) is 0 Å². The molecule has 6 nitrogen and oxygen atoms in total. The van der Waals surface area contributed by atoms with Gasteiger partial charge in [-0.3, -0.25) is 10.1 Å². The quantitative estimate of drug-likeness (QED) is 0.530. The molecule has 0 aliphatic carbocycles. The Bertz CT molecular complexity index is 734. The predicted molar refractivity (Wildman–Crippen MR) is 106 cm³/mol. The first kappa shape index (κ1) is 21.3. The standard InChI is InChI=1S/C20H29N5O/c1-7-17(20(5,6)8-2)13-12-15(3)10-9-11-16(4)14-18(26)21-19-22-24-25-23-19/h7,9-14H,8H2,1-6H3,(H2,21,22,23,24,25,26)/b11-9+,13-12+,15-10+,16-14+,17-7+. The lowest BCUT2D eigenvalue weighted by atomic mass is 9.81. The van der Waals surface area contributed by atoms with Crippen molar-refractivity contribution in [3.63, 3.8) is 0 Å². The fraction of sp³-hybridized carbons (Fsp3) is 0.400. The third-order valence-corrected chi connectivity index (χ3v) is 4.16. The average molecular weight is 355 g/mol. The van der Waals surface area contributed by atoms with E-state index in [0.717, 1.165) is 17.6 Å². The van der Waals surface area contributed by atoms with Crippen LogP contribution in [0.25, 0.3) is 0 Å². The second-order valence-corrected chi connectivity index (χ2v) is 6.70. The van der Waals surface area contributed by atoms with Gasteiger partial charge in [0.05, 0.1) is 0 Å². The number of H-pyrrole nitrogens is 1. The first-order valence-electron chi connectivity index (χ1n) is 8.71. The van der Waals surface area contributed by atoms with Crippen LogP contribution in [0, 0.1) is 5.41 Å². The van der Waals surface area contributed by atoms with Gasteiger partial charge in [-0.1, -0.05) is 67.9 Å². The van der Waals surface area contributed by atoms with Gasteiger partial charge in [-0.15, -0.1) is 5.10 Å². The Morgan fingerprint density at radius 3 is 2.50 bits per heavy atom. The average Bonchev–Trinajstić information content (AvgIpc) is 3.07. The highest BCUT2D eigenvalue weighted by Gasteiger charge is 2.17. The molecule has 0 bridgehead atoms. The number of anilines is 1. The maximum absolute atomic E-state index is 11.8. The normalized spacial score (nSPS) is 14.5. The molecule has 0 unspecified atom stereocenters. The summed E-state index contributed by atoms with van der Waals surface area (Å²) in [5.41, 5.74) is 3.45. The van der Waals surface area contributed by atoms with Gasteiger partial charge < -0.3 is 0 Å². The van der Waals surface area contributed by atoms with E-state index >= 15 is 0 Å². The number of rotatable bonds is 8. The highest BCUT2D eigenvalue weighted by Crippen LogP contribution is 2.30. The van der Waals surface area contributed by atoms with Crippen LogP contribution in [0.5, 0.6) is 0 Å². The SMILES string of the molecule is C\C=C(/C=C/C(C)=C/C=C/C(C)=C/C(=O)Nc1nn[nH]n1)C(C)(C)CC. The Morgan fingerprint density at radius 1 is 1.19 bits per heavy atom.